The van der Waals surface area contributed by atoms with Crippen molar-refractivity contribution in [3.63, 3.8) is 0 Å². The quantitative estimate of drug-likeness (QED) is 0.911. The molecule has 1 unspecified atom stereocenters. The summed E-state index contributed by atoms with van der Waals surface area (Å²) in [7, 11) is 0. The number of amides is 1. The molecule has 104 valence electrons. The number of anilines is 1. The molecule has 0 aliphatic carbocycles. The van der Waals surface area contributed by atoms with Gasteiger partial charge >= 0.3 is 0 Å². The highest BCUT2D eigenvalue weighted by atomic mass is 32.1. The zero-order valence-electron chi connectivity index (χ0n) is 10.6. The maximum atomic E-state index is 13.5. The lowest BCUT2D eigenvalue weighted by atomic mass is 10.2. The molecule has 1 aromatic carbocycles. The molecule has 0 bridgehead atoms. The van der Waals surface area contributed by atoms with Crippen molar-refractivity contribution in [2.75, 3.05) is 11.9 Å². The highest BCUT2D eigenvalue weighted by Gasteiger charge is 2.21. The van der Waals surface area contributed by atoms with Crippen molar-refractivity contribution in [1.29, 1.82) is 0 Å². The largest absolute Gasteiger partial charge is 0.308 e. The lowest BCUT2D eigenvalue weighted by Gasteiger charge is -2.03. The van der Waals surface area contributed by atoms with Crippen LogP contribution in [0, 0.1) is 5.82 Å². The lowest BCUT2D eigenvalue weighted by Crippen LogP contribution is -2.13. The smallest absolute Gasteiger partial charge is 0.260 e. The first kappa shape index (κ1) is 13.1. The van der Waals surface area contributed by atoms with E-state index in [9.17, 15) is 9.18 Å². The molecular formula is C13H13FN4OS. The molecule has 1 fully saturated rings. The first-order valence-electron chi connectivity index (χ1n) is 6.37. The number of carbonyl (C=O) groups is 1. The van der Waals surface area contributed by atoms with E-state index in [1.807, 2.05) is 0 Å². The number of benzene rings is 1. The van der Waals surface area contributed by atoms with Crippen molar-refractivity contribution in [2.24, 2.45) is 0 Å². The van der Waals surface area contributed by atoms with Crippen molar-refractivity contribution >= 4 is 22.4 Å². The summed E-state index contributed by atoms with van der Waals surface area (Å²) >= 11 is 1.32. The fraction of sp³-hybridized carbons (Fsp3) is 0.308. The Bertz CT molecular complexity index is 624. The van der Waals surface area contributed by atoms with Gasteiger partial charge in [-0.15, -0.1) is 10.2 Å². The van der Waals surface area contributed by atoms with Crippen molar-refractivity contribution in [3.8, 4) is 0 Å². The third-order valence-electron chi connectivity index (χ3n) is 3.14. The highest BCUT2D eigenvalue weighted by Crippen LogP contribution is 2.27. The molecule has 1 aliphatic rings. The number of nitrogens with zero attached hydrogens (tertiary/aromatic N) is 2. The van der Waals surface area contributed by atoms with E-state index >= 15 is 0 Å². The van der Waals surface area contributed by atoms with Gasteiger partial charge in [0.2, 0.25) is 5.13 Å². The summed E-state index contributed by atoms with van der Waals surface area (Å²) in [6.45, 7) is 0.973. The molecule has 1 atom stereocenters. The van der Waals surface area contributed by atoms with E-state index < -0.39 is 11.7 Å². The van der Waals surface area contributed by atoms with Gasteiger partial charge in [0.05, 0.1) is 11.6 Å². The van der Waals surface area contributed by atoms with Crippen LogP contribution in [0.15, 0.2) is 24.3 Å². The summed E-state index contributed by atoms with van der Waals surface area (Å²) in [6.07, 6.45) is 2.14. The second-order valence-corrected chi connectivity index (χ2v) is 5.54. The molecule has 1 saturated heterocycles. The number of aromatic nitrogens is 2. The molecule has 0 spiro atoms. The second kappa shape index (κ2) is 5.64. The maximum Gasteiger partial charge on any atom is 0.260 e. The van der Waals surface area contributed by atoms with Gasteiger partial charge in [-0.3, -0.25) is 10.1 Å². The number of hydrogen-bond donors (Lipinski definition) is 2. The van der Waals surface area contributed by atoms with Gasteiger partial charge in [-0.1, -0.05) is 23.5 Å². The molecular weight excluding hydrogens is 279 g/mol. The fourth-order valence-electron chi connectivity index (χ4n) is 2.13. The Morgan fingerprint density at radius 1 is 1.40 bits per heavy atom. The van der Waals surface area contributed by atoms with Gasteiger partial charge in [0.15, 0.2) is 0 Å². The van der Waals surface area contributed by atoms with Crippen LogP contribution in [0.4, 0.5) is 9.52 Å². The molecule has 20 heavy (non-hydrogen) atoms. The molecule has 2 aromatic rings. The molecule has 5 nitrogen and oxygen atoms in total. The molecule has 3 rings (SSSR count). The Morgan fingerprint density at radius 2 is 2.25 bits per heavy atom. The standard InChI is InChI=1S/C13H13FN4OS/c14-9-5-2-1-4-8(9)11(19)16-13-18-17-12(20-13)10-6-3-7-15-10/h1-2,4-5,10,15H,3,6-7H2,(H,16,18,19). The van der Waals surface area contributed by atoms with Gasteiger partial charge in [0.1, 0.15) is 10.8 Å². The number of carbonyl (C=O) groups excluding carboxylic acids is 1. The van der Waals surface area contributed by atoms with E-state index in [0.717, 1.165) is 24.4 Å². The van der Waals surface area contributed by atoms with Crippen LogP contribution in [-0.2, 0) is 0 Å². The summed E-state index contributed by atoms with van der Waals surface area (Å²) in [5.41, 5.74) is 0.00300. The molecule has 2 heterocycles. The summed E-state index contributed by atoms with van der Waals surface area (Å²) in [4.78, 5) is 11.9. The van der Waals surface area contributed by atoms with Gasteiger partial charge in [0.25, 0.3) is 5.91 Å². The highest BCUT2D eigenvalue weighted by molar-refractivity contribution is 7.15. The molecule has 0 radical (unpaired) electrons. The van der Waals surface area contributed by atoms with Crippen LogP contribution >= 0.6 is 11.3 Å². The molecule has 1 aliphatic heterocycles. The van der Waals surface area contributed by atoms with Gasteiger partial charge < -0.3 is 5.32 Å². The van der Waals surface area contributed by atoms with E-state index in [2.05, 4.69) is 20.8 Å². The van der Waals surface area contributed by atoms with Crippen LogP contribution in [0.25, 0.3) is 0 Å². The van der Waals surface area contributed by atoms with Gasteiger partial charge in [-0.25, -0.2) is 4.39 Å². The van der Waals surface area contributed by atoms with E-state index in [-0.39, 0.29) is 11.6 Å². The van der Waals surface area contributed by atoms with Crippen molar-refractivity contribution < 1.29 is 9.18 Å². The van der Waals surface area contributed by atoms with Gasteiger partial charge in [-0.05, 0) is 31.5 Å². The van der Waals surface area contributed by atoms with E-state index in [1.165, 1.54) is 23.5 Å². The Hall–Kier alpha value is -1.86. The van der Waals surface area contributed by atoms with Crippen molar-refractivity contribution in [1.82, 2.24) is 15.5 Å². The van der Waals surface area contributed by atoms with Crippen LogP contribution in [0.3, 0.4) is 0 Å². The zero-order chi connectivity index (χ0) is 13.9. The normalized spacial score (nSPS) is 18.1. The Morgan fingerprint density at radius 3 is 3.00 bits per heavy atom. The number of nitrogens with one attached hydrogen (secondary N) is 2. The number of halogens is 1. The zero-order valence-corrected chi connectivity index (χ0v) is 11.4. The predicted octanol–water partition coefficient (Wildman–Crippen LogP) is 2.35. The third-order valence-corrected chi connectivity index (χ3v) is 4.09. The lowest BCUT2D eigenvalue weighted by molar-refractivity contribution is 0.102. The second-order valence-electron chi connectivity index (χ2n) is 4.53. The molecule has 7 heteroatoms. The maximum absolute atomic E-state index is 13.5. The topological polar surface area (TPSA) is 66.9 Å². The molecule has 2 N–H and O–H groups in total. The number of rotatable bonds is 3. The molecule has 0 saturated carbocycles. The van der Waals surface area contributed by atoms with Crippen molar-refractivity contribution in [2.45, 2.75) is 18.9 Å². The molecule has 1 aromatic heterocycles. The monoisotopic (exact) mass is 292 g/mol. The Labute approximate surface area is 119 Å². The first-order valence-corrected chi connectivity index (χ1v) is 7.18. The van der Waals surface area contributed by atoms with Gasteiger partial charge in [0, 0.05) is 0 Å². The average molecular weight is 292 g/mol. The molecule has 1 amide bonds. The van der Waals surface area contributed by atoms with Crippen LogP contribution in [0.5, 0.6) is 0 Å². The number of hydrogen-bond acceptors (Lipinski definition) is 5. The van der Waals surface area contributed by atoms with E-state index in [4.69, 9.17) is 0 Å². The summed E-state index contributed by atoms with van der Waals surface area (Å²) < 4.78 is 13.5. The SMILES string of the molecule is O=C(Nc1nnc(C2CCCN2)s1)c1ccccc1F. The average Bonchev–Trinajstić information content (AvgIpc) is 3.09. The van der Waals surface area contributed by atoms with E-state index in [0.29, 0.717) is 5.13 Å². The van der Waals surface area contributed by atoms with E-state index in [1.54, 1.807) is 12.1 Å². The minimum absolute atomic E-state index is 0.00300. The van der Waals surface area contributed by atoms with Crippen LogP contribution < -0.4 is 10.6 Å². The van der Waals surface area contributed by atoms with Crippen LogP contribution in [0.1, 0.15) is 34.2 Å². The fourth-order valence-corrected chi connectivity index (χ4v) is 2.98. The minimum atomic E-state index is -0.549. The first-order chi connectivity index (χ1) is 9.74. The van der Waals surface area contributed by atoms with Crippen LogP contribution in [0.2, 0.25) is 0 Å². The Kier molecular flexibility index (Phi) is 3.70. The summed E-state index contributed by atoms with van der Waals surface area (Å²) in [6, 6.07) is 6.06. The van der Waals surface area contributed by atoms with Crippen molar-refractivity contribution in [3.05, 3.63) is 40.7 Å². The third kappa shape index (κ3) is 2.68. The Balaban J connectivity index is 1.72. The minimum Gasteiger partial charge on any atom is -0.308 e. The van der Waals surface area contributed by atoms with Crippen LogP contribution in [-0.4, -0.2) is 22.6 Å². The van der Waals surface area contributed by atoms with Gasteiger partial charge in [-0.2, -0.15) is 0 Å². The summed E-state index contributed by atoms with van der Waals surface area (Å²) in [5, 5.41) is 15.1. The predicted molar refractivity (Wildman–Crippen MR) is 74.2 cm³/mol. The summed E-state index contributed by atoms with van der Waals surface area (Å²) in [5.74, 6) is -1.06.